The van der Waals surface area contributed by atoms with Crippen molar-refractivity contribution in [2.75, 3.05) is 13.2 Å². The predicted octanol–water partition coefficient (Wildman–Crippen LogP) is 2.71. The normalized spacial score (nSPS) is 19.3. The molecule has 6 heteroatoms. The van der Waals surface area contributed by atoms with Crippen molar-refractivity contribution < 1.29 is 13.9 Å². The second-order valence-electron chi connectivity index (χ2n) is 6.34. The van der Waals surface area contributed by atoms with Gasteiger partial charge in [-0.15, -0.1) is 0 Å². The van der Waals surface area contributed by atoms with Gasteiger partial charge in [-0.1, -0.05) is 30.3 Å². The largest absolute Gasteiger partial charge is 0.494 e. The summed E-state index contributed by atoms with van der Waals surface area (Å²) in [6.45, 7) is 1.15. The highest BCUT2D eigenvalue weighted by Crippen LogP contribution is 2.21. The standard InChI is InChI=1S/C20H24FN3O2/c21-16-8-10-17(11-9-16)26-13-5-4-12-22-20(25)19-14-18(23-24-19)15-6-2-1-3-7-15/h1-3,6-11,18-19,23-24H,4-5,12-14H2,(H,22,25). The molecule has 3 N–H and O–H groups in total. The molecule has 1 saturated heterocycles. The maximum atomic E-state index is 12.8. The first kappa shape index (κ1) is 18.4. The van der Waals surface area contributed by atoms with Crippen molar-refractivity contribution in [1.29, 1.82) is 0 Å². The van der Waals surface area contributed by atoms with E-state index in [0.717, 1.165) is 19.3 Å². The maximum absolute atomic E-state index is 12.8. The van der Waals surface area contributed by atoms with Gasteiger partial charge < -0.3 is 10.1 Å². The third kappa shape index (κ3) is 5.28. The van der Waals surface area contributed by atoms with Crippen LogP contribution in [-0.4, -0.2) is 25.1 Å². The molecule has 1 amide bonds. The molecule has 0 bridgehead atoms. The second kappa shape index (κ2) is 9.31. The van der Waals surface area contributed by atoms with Gasteiger partial charge in [0.15, 0.2) is 0 Å². The fraction of sp³-hybridized carbons (Fsp3) is 0.350. The van der Waals surface area contributed by atoms with Gasteiger partial charge in [0, 0.05) is 12.6 Å². The van der Waals surface area contributed by atoms with Gasteiger partial charge in [-0.2, -0.15) is 0 Å². The van der Waals surface area contributed by atoms with Crippen LogP contribution in [0.15, 0.2) is 54.6 Å². The molecule has 0 radical (unpaired) electrons. The molecular formula is C20H24FN3O2. The zero-order valence-electron chi connectivity index (χ0n) is 14.6. The van der Waals surface area contributed by atoms with Gasteiger partial charge in [0.25, 0.3) is 0 Å². The van der Waals surface area contributed by atoms with E-state index in [1.165, 1.54) is 17.7 Å². The van der Waals surface area contributed by atoms with Crippen LogP contribution in [0.2, 0.25) is 0 Å². The Balaban J connectivity index is 1.29. The molecule has 1 aliphatic rings. The molecule has 5 nitrogen and oxygen atoms in total. The summed E-state index contributed by atoms with van der Waals surface area (Å²) < 4.78 is 18.3. The highest BCUT2D eigenvalue weighted by Gasteiger charge is 2.29. The predicted molar refractivity (Wildman–Crippen MR) is 98.0 cm³/mol. The van der Waals surface area contributed by atoms with Crippen LogP contribution in [0.1, 0.15) is 30.9 Å². The number of benzene rings is 2. The Labute approximate surface area is 152 Å². The first-order valence-corrected chi connectivity index (χ1v) is 8.94. The van der Waals surface area contributed by atoms with Crippen LogP contribution in [-0.2, 0) is 4.79 Å². The van der Waals surface area contributed by atoms with E-state index in [-0.39, 0.29) is 23.8 Å². The second-order valence-corrected chi connectivity index (χ2v) is 6.34. The number of unbranched alkanes of at least 4 members (excludes halogenated alkanes) is 1. The fourth-order valence-electron chi connectivity index (χ4n) is 2.91. The molecule has 2 aromatic carbocycles. The van der Waals surface area contributed by atoms with Gasteiger partial charge in [0.2, 0.25) is 5.91 Å². The molecule has 0 spiro atoms. The highest BCUT2D eigenvalue weighted by atomic mass is 19.1. The van der Waals surface area contributed by atoms with Crippen molar-refractivity contribution >= 4 is 5.91 Å². The van der Waals surface area contributed by atoms with Crippen LogP contribution in [0.3, 0.4) is 0 Å². The quantitative estimate of drug-likeness (QED) is 0.636. The molecule has 3 rings (SSSR count). The zero-order chi connectivity index (χ0) is 18.2. The minimum absolute atomic E-state index is 0.00961. The Morgan fingerprint density at radius 3 is 2.62 bits per heavy atom. The lowest BCUT2D eigenvalue weighted by molar-refractivity contribution is -0.122. The SMILES string of the molecule is O=C(NCCCCOc1ccc(F)cc1)C1CC(c2ccccc2)NN1. The van der Waals surface area contributed by atoms with E-state index < -0.39 is 0 Å². The number of halogens is 1. The summed E-state index contributed by atoms with van der Waals surface area (Å²) in [6, 6.07) is 16.0. The van der Waals surface area contributed by atoms with Gasteiger partial charge in [-0.3, -0.25) is 4.79 Å². The van der Waals surface area contributed by atoms with Crippen molar-refractivity contribution in [3.63, 3.8) is 0 Å². The number of hydrogen-bond acceptors (Lipinski definition) is 4. The molecule has 26 heavy (non-hydrogen) atoms. The third-order valence-electron chi connectivity index (χ3n) is 4.37. The molecule has 1 fully saturated rings. The topological polar surface area (TPSA) is 62.4 Å². The first-order valence-electron chi connectivity index (χ1n) is 8.94. The van der Waals surface area contributed by atoms with Crippen LogP contribution >= 0.6 is 0 Å². The summed E-state index contributed by atoms with van der Waals surface area (Å²) in [5.41, 5.74) is 7.42. The van der Waals surface area contributed by atoms with Crippen molar-refractivity contribution in [3.05, 3.63) is 66.0 Å². The van der Waals surface area contributed by atoms with Gasteiger partial charge in [-0.25, -0.2) is 15.2 Å². The van der Waals surface area contributed by atoms with E-state index in [1.807, 2.05) is 18.2 Å². The highest BCUT2D eigenvalue weighted by molar-refractivity contribution is 5.82. The van der Waals surface area contributed by atoms with Crippen molar-refractivity contribution in [1.82, 2.24) is 16.2 Å². The van der Waals surface area contributed by atoms with Crippen molar-refractivity contribution in [3.8, 4) is 5.75 Å². The third-order valence-corrected chi connectivity index (χ3v) is 4.37. The molecule has 0 saturated carbocycles. The number of rotatable bonds is 8. The number of ether oxygens (including phenoxy) is 1. The van der Waals surface area contributed by atoms with E-state index in [1.54, 1.807) is 12.1 Å². The molecule has 2 unspecified atom stereocenters. The maximum Gasteiger partial charge on any atom is 0.238 e. The summed E-state index contributed by atoms with van der Waals surface area (Å²) in [4.78, 5) is 12.2. The fourth-order valence-corrected chi connectivity index (χ4v) is 2.91. The monoisotopic (exact) mass is 357 g/mol. The molecular weight excluding hydrogens is 333 g/mol. The van der Waals surface area contributed by atoms with E-state index in [9.17, 15) is 9.18 Å². The van der Waals surface area contributed by atoms with Crippen LogP contribution in [0.5, 0.6) is 5.75 Å². The molecule has 2 atom stereocenters. The first-order chi connectivity index (χ1) is 12.7. The Kier molecular flexibility index (Phi) is 6.57. The molecule has 1 heterocycles. The average Bonchev–Trinajstić information content (AvgIpc) is 3.17. The minimum atomic E-state index is -0.274. The van der Waals surface area contributed by atoms with Gasteiger partial charge in [0.1, 0.15) is 17.6 Å². The Hall–Kier alpha value is -2.44. The lowest BCUT2D eigenvalue weighted by atomic mass is 10.0. The van der Waals surface area contributed by atoms with Crippen LogP contribution < -0.4 is 20.9 Å². The zero-order valence-corrected chi connectivity index (χ0v) is 14.6. The van der Waals surface area contributed by atoms with E-state index in [2.05, 4.69) is 28.3 Å². The summed E-state index contributed by atoms with van der Waals surface area (Å²) in [7, 11) is 0. The van der Waals surface area contributed by atoms with Gasteiger partial charge in [0.05, 0.1) is 6.61 Å². The number of hydrazine groups is 1. The summed E-state index contributed by atoms with van der Waals surface area (Å²) in [5.74, 6) is 0.392. The molecule has 2 aromatic rings. The number of hydrogen-bond donors (Lipinski definition) is 3. The van der Waals surface area contributed by atoms with Crippen molar-refractivity contribution in [2.45, 2.75) is 31.3 Å². The lowest BCUT2D eigenvalue weighted by Gasteiger charge is -2.11. The van der Waals surface area contributed by atoms with E-state index >= 15 is 0 Å². The number of amides is 1. The summed E-state index contributed by atoms with van der Waals surface area (Å²) in [6.07, 6.45) is 2.37. The summed E-state index contributed by atoms with van der Waals surface area (Å²) in [5, 5.41) is 2.96. The van der Waals surface area contributed by atoms with E-state index in [0.29, 0.717) is 18.9 Å². The van der Waals surface area contributed by atoms with Crippen LogP contribution in [0, 0.1) is 5.82 Å². The van der Waals surface area contributed by atoms with Crippen LogP contribution in [0.25, 0.3) is 0 Å². The summed E-state index contributed by atoms with van der Waals surface area (Å²) >= 11 is 0. The Morgan fingerprint density at radius 1 is 1.08 bits per heavy atom. The van der Waals surface area contributed by atoms with Crippen LogP contribution in [0.4, 0.5) is 4.39 Å². The lowest BCUT2D eigenvalue weighted by Crippen LogP contribution is -2.43. The van der Waals surface area contributed by atoms with Gasteiger partial charge >= 0.3 is 0 Å². The Morgan fingerprint density at radius 2 is 1.85 bits per heavy atom. The average molecular weight is 357 g/mol. The number of carbonyl (C=O) groups excluding carboxylic acids is 1. The number of carbonyl (C=O) groups is 1. The molecule has 138 valence electrons. The Bertz CT molecular complexity index is 694. The van der Waals surface area contributed by atoms with E-state index in [4.69, 9.17) is 4.74 Å². The molecule has 0 aliphatic carbocycles. The van der Waals surface area contributed by atoms with Gasteiger partial charge in [-0.05, 0) is 49.1 Å². The molecule has 1 aliphatic heterocycles. The minimum Gasteiger partial charge on any atom is -0.494 e. The number of nitrogens with one attached hydrogen (secondary N) is 3. The molecule has 0 aromatic heterocycles. The van der Waals surface area contributed by atoms with Crippen molar-refractivity contribution in [2.24, 2.45) is 0 Å². The smallest absolute Gasteiger partial charge is 0.238 e.